The van der Waals surface area contributed by atoms with Gasteiger partial charge >= 0.3 is 0 Å². The van der Waals surface area contributed by atoms with Crippen molar-refractivity contribution in [2.75, 3.05) is 36.5 Å². The van der Waals surface area contributed by atoms with E-state index < -0.39 is 0 Å². The van der Waals surface area contributed by atoms with Gasteiger partial charge in [-0.3, -0.25) is 4.79 Å². The zero-order valence-corrected chi connectivity index (χ0v) is 15.5. The fourth-order valence-electron chi connectivity index (χ4n) is 3.38. The van der Waals surface area contributed by atoms with Crippen molar-refractivity contribution in [2.24, 2.45) is 0 Å². The number of rotatable bonds is 5. The smallest absolute Gasteiger partial charge is 0.252 e. The highest BCUT2D eigenvalue weighted by Crippen LogP contribution is 2.28. The zero-order valence-electron chi connectivity index (χ0n) is 15.5. The second kappa shape index (κ2) is 8.27. The van der Waals surface area contributed by atoms with Gasteiger partial charge in [-0.1, -0.05) is 30.3 Å². The predicted molar refractivity (Wildman–Crippen MR) is 109 cm³/mol. The van der Waals surface area contributed by atoms with Gasteiger partial charge in [0.15, 0.2) is 0 Å². The molecule has 0 radical (unpaired) electrons. The number of morpholine rings is 1. The molecule has 2 aromatic carbocycles. The third-order valence-electron chi connectivity index (χ3n) is 4.87. The fourth-order valence-corrected chi connectivity index (χ4v) is 3.38. The van der Waals surface area contributed by atoms with E-state index in [1.807, 2.05) is 36.4 Å². The maximum absolute atomic E-state index is 13.9. The molecule has 0 unspecified atom stereocenters. The number of hydrogen-bond donors (Lipinski definition) is 2. The van der Waals surface area contributed by atoms with Crippen molar-refractivity contribution in [3.8, 4) is 11.1 Å². The van der Waals surface area contributed by atoms with E-state index in [1.165, 1.54) is 12.1 Å². The van der Waals surface area contributed by atoms with Gasteiger partial charge in [-0.05, 0) is 35.4 Å². The number of halogens is 1. The van der Waals surface area contributed by atoms with E-state index in [-0.39, 0.29) is 11.4 Å². The molecular formula is C22H22FN3O2. The third-order valence-corrected chi connectivity index (χ3v) is 4.87. The lowest BCUT2D eigenvalue weighted by Gasteiger charge is -2.30. The number of pyridine rings is 1. The van der Waals surface area contributed by atoms with Crippen LogP contribution in [0.2, 0.25) is 0 Å². The molecule has 0 atom stereocenters. The van der Waals surface area contributed by atoms with Crippen LogP contribution in [0.5, 0.6) is 0 Å². The van der Waals surface area contributed by atoms with E-state index in [1.54, 1.807) is 12.3 Å². The molecule has 0 spiro atoms. The highest BCUT2D eigenvalue weighted by Gasteiger charge is 2.16. The number of ether oxygens (including phenoxy) is 1. The molecule has 4 rings (SSSR count). The second-order valence-corrected chi connectivity index (χ2v) is 6.72. The molecule has 0 amide bonds. The summed E-state index contributed by atoms with van der Waals surface area (Å²) in [5.74, 6) is -0.313. The minimum Gasteiger partial charge on any atom is -0.379 e. The van der Waals surface area contributed by atoms with E-state index in [2.05, 4.69) is 15.2 Å². The number of benzene rings is 2. The van der Waals surface area contributed by atoms with Crippen LogP contribution in [-0.2, 0) is 11.3 Å². The van der Waals surface area contributed by atoms with Crippen LogP contribution in [0.25, 0.3) is 11.1 Å². The number of aromatic amines is 1. The van der Waals surface area contributed by atoms with E-state index in [9.17, 15) is 9.18 Å². The van der Waals surface area contributed by atoms with Gasteiger partial charge in [0.2, 0.25) is 0 Å². The molecule has 1 fully saturated rings. The quantitative estimate of drug-likeness (QED) is 0.711. The van der Waals surface area contributed by atoms with Crippen LogP contribution in [0.1, 0.15) is 5.56 Å². The summed E-state index contributed by atoms with van der Waals surface area (Å²) in [7, 11) is 0. The number of hydrogen-bond acceptors (Lipinski definition) is 4. The lowest BCUT2D eigenvalue weighted by atomic mass is 10.1. The van der Waals surface area contributed by atoms with E-state index in [0.29, 0.717) is 31.0 Å². The van der Waals surface area contributed by atoms with Crippen molar-refractivity contribution in [3.63, 3.8) is 0 Å². The highest BCUT2D eigenvalue weighted by molar-refractivity contribution is 5.70. The third kappa shape index (κ3) is 4.07. The molecule has 3 aromatic rings. The van der Waals surface area contributed by atoms with Crippen LogP contribution < -0.4 is 15.8 Å². The lowest BCUT2D eigenvalue weighted by Crippen LogP contribution is -2.36. The molecule has 0 bridgehead atoms. The normalized spacial score (nSPS) is 14.1. The summed E-state index contributed by atoms with van der Waals surface area (Å²) in [5, 5.41) is 3.24. The minimum absolute atomic E-state index is 0.156. The number of nitrogens with one attached hydrogen (secondary N) is 2. The molecule has 2 N–H and O–H groups in total. The molecule has 1 saturated heterocycles. The summed E-state index contributed by atoms with van der Waals surface area (Å²) in [4.78, 5) is 17.2. The Morgan fingerprint density at radius 3 is 2.61 bits per heavy atom. The minimum atomic E-state index is -0.313. The van der Waals surface area contributed by atoms with Crippen molar-refractivity contribution >= 4 is 11.4 Å². The van der Waals surface area contributed by atoms with Crippen molar-refractivity contribution in [2.45, 2.75) is 6.54 Å². The van der Waals surface area contributed by atoms with E-state index in [4.69, 9.17) is 4.74 Å². The average molecular weight is 379 g/mol. The van der Waals surface area contributed by atoms with Crippen LogP contribution in [0, 0.1) is 5.82 Å². The van der Waals surface area contributed by atoms with Crippen LogP contribution in [0.4, 0.5) is 15.8 Å². The predicted octanol–water partition coefficient (Wildman–Crippen LogP) is 3.63. The lowest BCUT2D eigenvalue weighted by molar-refractivity contribution is 0.123. The molecule has 1 aliphatic rings. The largest absolute Gasteiger partial charge is 0.379 e. The van der Waals surface area contributed by atoms with Gasteiger partial charge in [0, 0.05) is 31.4 Å². The Morgan fingerprint density at radius 2 is 1.82 bits per heavy atom. The first-order valence-corrected chi connectivity index (χ1v) is 9.34. The van der Waals surface area contributed by atoms with Gasteiger partial charge < -0.3 is 19.9 Å². The fraction of sp³-hybridized carbons (Fsp3) is 0.227. The van der Waals surface area contributed by atoms with E-state index in [0.717, 1.165) is 29.9 Å². The SMILES string of the molecule is O=c1[nH]cc(-c2ccccc2)cc1CNc1cc(F)ccc1N1CCOCC1. The molecule has 0 aliphatic carbocycles. The molecule has 6 heteroatoms. The van der Waals surface area contributed by atoms with Gasteiger partial charge in [-0.25, -0.2) is 4.39 Å². The number of nitrogens with zero attached hydrogens (tertiary/aromatic N) is 1. The number of H-pyrrole nitrogens is 1. The molecule has 1 aliphatic heterocycles. The molecule has 28 heavy (non-hydrogen) atoms. The average Bonchev–Trinajstić information content (AvgIpc) is 2.74. The monoisotopic (exact) mass is 379 g/mol. The standard InChI is InChI=1S/C22H22FN3O2/c23-19-6-7-21(26-8-10-28-11-9-26)20(13-19)24-15-18-12-17(14-25-22(18)27)16-4-2-1-3-5-16/h1-7,12-14,24H,8-11,15H2,(H,25,27). The summed E-state index contributed by atoms with van der Waals surface area (Å²) < 4.78 is 19.3. The van der Waals surface area contributed by atoms with Gasteiger partial charge in [-0.2, -0.15) is 0 Å². The molecular weight excluding hydrogens is 357 g/mol. The molecule has 144 valence electrons. The summed E-state index contributed by atoms with van der Waals surface area (Å²) in [5.41, 5.74) is 3.99. The Hall–Kier alpha value is -3.12. The summed E-state index contributed by atoms with van der Waals surface area (Å²) in [6.07, 6.45) is 1.71. The number of aromatic nitrogens is 1. The maximum Gasteiger partial charge on any atom is 0.252 e. The van der Waals surface area contributed by atoms with E-state index >= 15 is 0 Å². The molecule has 5 nitrogen and oxygen atoms in total. The highest BCUT2D eigenvalue weighted by atomic mass is 19.1. The van der Waals surface area contributed by atoms with Crippen LogP contribution in [-0.4, -0.2) is 31.3 Å². The van der Waals surface area contributed by atoms with Crippen molar-refractivity contribution in [1.29, 1.82) is 0 Å². The molecule has 2 heterocycles. The van der Waals surface area contributed by atoms with Gasteiger partial charge in [0.05, 0.1) is 24.6 Å². The van der Waals surface area contributed by atoms with Crippen molar-refractivity contribution in [1.82, 2.24) is 4.98 Å². The summed E-state index contributed by atoms with van der Waals surface area (Å²) in [6, 6.07) is 16.4. The molecule has 1 aromatic heterocycles. The van der Waals surface area contributed by atoms with Gasteiger partial charge in [-0.15, -0.1) is 0 Å². The van der Waals surface area contributed by atoms with Crippen molar-refractivity contribution in [3.05, 3.63) is 82.5 Å². The topological polar surface area (TPSA) is 57.4 Å². The summed E-state index contributed by atoms with van der Waals surface area (Å²) >= 11 is 0. The Kier molecular flexibility index (Phi) is 5.39. The summed E-state index contributed by atoms with van der Waals surface area (Å²) in [6.45, 7) is 3.11. The van der Waals surface area contributed by atoms with Crippen LogP contribution in [0.3, 0.4) is 0 Å². The Morgan fingerprint density at radius 1 is 1.04 bits per heavy atom. The maximum atomic E-state index is 13.9. The second-order valence-electron chi connectivity index (χ2n) is 6.72. The molecule has 0 saturated carbocycles. The Balaban J connectivity index is 1.58. The first-order valence-electron chi connectivity index (χ1n) is 9.34. The van der Waals surface area contributed by atoms with Crippen LogP contribution in [0.15, 0.2) is 65.6 Å². The van der Waals surface area contributed by atoms with Gasteiger partial charge in [0.1, 0.15) is 5.82 Å². The Bertz CT molecular complexity index is 998. The van der Waals surface area contributed by atoms with Gasteiger partial charge in [0.25, 0.3) is 5.56 Å². The van der Waals surface area contributed by atoms with Crippen LogP contribution >= 0.6 is 0 Å². The first kappa shape index (κ1) is 18.3. The zero-order chi connectivity index (χ0) is 19.3. The first-order chi connectivity index (χ1) is 13.7. The van der Waals surface area contributed by atoms with Crippen molar-refractivity contribution < 1.29 is 9.13 Å². The number of anilines is 2. The Labute approximate surface area is 162 Å².